The first-order chi connectivity index (χ1) is 8.79. The van der Waals surface area contributed by atoms with Gasteiger partial charge in [-0.1, -0.05) is 36.0 Å². The van der Waals surface area contributed by atoms with Gasteiger partial charge in [-0.2, -0.15) is 0 Å². The highest BCUT2D eigenvalue weighted by Gasteiger charge is 2.32. The Morgan fingerprint density at radius 3 is 2.94 bits per heavy atom. The summed E-state index contributed by atoms with van der Waals surface area (Å²) >= 11 is 1.74. The van der Waals surface area contributed by atoms with E-state index in [2.05, 4.69) is 45.1 Å². The Kier molecular flexibility index (Phi) is 3.05. The molecule has 0 spiro atoms. The van der Waals surface area contributed by atoms with Gasteiger partial charge < -0.3 is 5.32 Å². The van der Waals surface area contributed by atoms with Crippen molar-refractivity contribution < 1.29 is 0 Å². The number of nitrogens with one attached hydrogen (secondary N) is 1. The van der Waals surface area contributed by atoms with Crippen LogP contribution >= 0.6 is 11.8 Å². The number of fused-ring (bicyclic) bond motifs is 1. The van der Waals surface area contributed by atoms with Crippen molar-refractivity contribution in [2.24, 2.45) is 7.05 Å². The number of hydrogen-bond acceptors (Lipinski definition) is 5. The summed E-state index contributed by atoms with van der Waals surface area (Å²) in [5, 5.41) is 16.3. The van der Waals surface area contributed by atoms with Crippen LogP contribution in [0.1, 0.15) is 17.2 Å². The van der Waals surface area contributed by atoms with Gasteiger partial charge in [0.2, 0.25) is 5.16 Å². The molecule has 6 heteroatoms. The molecular weight excluding hydrogens is 246 g/mol. The summed E-state index contributed by atoms with van der Waals surface area (Å²) in [4.78, 5) is 0. The zero-order chi connectivity index (χ0) is 12.5. The lowest BCUT2D eigenvalue weighted by molar-refractivity contribution is 0.598. The largest absolute Gasteiger partial charge is 0.312 e. The predicted molar refractivity (Wildman–Crippen MR) is 70.4 cm³/mol. The lowest BCUT2D eigenvalue weighted by Gasteiger charge is -2.18. The number of aryl methyl sites for hydroxylation is 1. The summed E-state index contributed by atoms with van der Waals surface area (Å²) in [6, 6.07) is 8.96. The number of benzene rings is 1. The Bertz CT molecular complexity index is 553. The second-order valence-electron chi connectivity index (χ2n) is 4.41. The summed E-state index contributed by atoms with van der Waals surface area (Å²) in [5.41, 5.74) is 2.82. The summed E-state index contributed by atoms with van der Waals surface area (Å²) in [6.07, 6.45) is 1.05. The fourth-order valence-electron chi connectivity index (χ4n) is 2.47. The smallest absolute Gasteiger partial charge is 0.209 e. The zero-order valence-electron chi connectivity index (χ0n) is 10.4. The highest BCUT2D eigenvalue weighted by molar-refractivity contribution is 7.99. The van der Waals surface area contributed by atoms with Crippen molar-refractivity contribution in [2.45, 2.75) is 22.9 Å². The van der Waals surface area contributed by atoms with Gasteiger partial charge in [-0.25, -0.2) is 4.68 Å². The summed E-state index contributed by atoms with van der Waals surface area (Å²) in [7, 11) is 3.88. The number of nitrogens with zero attached hydrogens (tertiary/aromatic N) is 4. The third kappa shape index (κ3) is 1.91. The summed E-state index contributed by atoms with van der Waals surface area (Å²) in [6.45, 7) is 0. The Hall–Kier alpha value is -1.40. The molecule has 1 heterocycles. The van der Waals surface area contributed by atoms with Crippen LogP contribution in [0.5, 0.6) is 0 Å². The second-order valence-corrected chi connectivity index (χ2v) is 5.62. The minimum Gasteiger partial charge on any atom is -0.312 e. The molecule has 1 aromatic carbocycles. The van der Waals surface area contributed by atoms with E-state index in [-0.39, 0.29) is 0 Å². The molecule has 1 aromatic heterocycles. The van der Waals surface area contributed by atoms with Crippen molar-refractivity contribution in [2.75, 3.05) is 7.05 Å². The fourth-order valence-corrected chi connectivity index (χ4v) is 3.69. The van der Waals surface area contributed by atoms with Gasteiger partial charge in [0.25, 0.3) is 0 Å². The molecule has 5 nitrogen and oxygen atoms in total. The third-order valence-corrected chi connectivity index (χ3v) is 4.63. The number of hydrogen-bond donors (Lipinski definition) is 1. The molecule has 0 amide bonds. The van der Waals surface area contributed by atoms with E-state index in [9.17, 15) is 0 Å². The minimum absolute atomic E-state index is 0.364. The van der Waals surface area contributed by atoms with Crippen LogP contribution in [0.4, 0.5) is 0 Å². The van der Waals surface area contributed by atoms with E-state index < -0.39 is 0 Å². The normalized spacial score (nSPS) is 22.1. The minimum atomic E-state index is 0.364. The fraction of sp³-hybridized carbons (Fsp3) is 0.417. The average molecular weight is 261 g/mol. The molecule has 2 unspecified atom stereocenters. The monoisotopic (exact) mass is 261 g/mol. The lowest BCUT2D eigenvalue weighted by Crippen LogP contribution is -2.23. The number of thioether (sulfide) groups is 1. The standard InChI is InChI=1S/C12H15N5S/c1-13-11-9-6-4-3-5-8(9)7-10(11)18-12-14-15-16-17(12)2/h3-6,10-11,13H,7H2,1-2H3. The molecule has 3 rings (SSSR count). The van der Waals surface area contributed by atoms with Crippen LogP contribution in [0.25, 0.3) is 0 Å². The van der Waals surface area contributed by atoms with E-state index in [0.29, 0.717) is 11.3 Å². The topological polar surface area (TPSA) is 55.6 Å². The van der Waals surface area contributed by atoms with E-state index in [0.717, 1.165) is 11.6 Å². The SMILES string of the molecule is CNC1c2ccccc2CC1Sc1nnnn1C. The summed E-state index contributed by atoms with van der Waals surface area (Å²) in [5.74, 6) is 0. The van der Waals surface area contributed by atoms with Gasteiger partial charge >= 0.3 is 0 Å². The Morgan fingerprint density at radius 2 is 2.22 bits per heavy atom. The maximum absolute atomic E-state index is 4.05. The van der Waals surface area contributed by atoms with E-state index in [4.69, 9.17) is 0 Å². The van der Waals surface area contributed by atoms with Crippen molar-refractivity contribution in [3.8, 4) is 0 Å². The van der Waals surface area contributed by atoms with Crippen LogP contribution in [0, 0.1) is 0 Å². The first-order valence-corrected chi connectivity index (χ1v) is 6.81. The van der Waals surface area contributed by atoms with Crippen molar-refractivity contribution in [3.05, 3.63) is 35.4 Å². The predicted octanol–water partition coefficient (Wildman–Crippen LogP) is 1.19. The van der Waals surface area contributed by atoms with Gasteiger partial charge in [0.1, 0.15) is 0 Å². The molecule has 0 saturated heterocycles. The third-order valence-electron chi connectivity index (χ3n) is 3.33. The van der Waals surface area contributed by atoms with E-state index in [1.54, 1.807) is 16.4 Å². The Labute approximate surface area is 110 Å². The first-order valence-electron chi connectivity index (χ1n) is 5.93. The van der Waals surface area contributed by atoms with Crippen LogP contribution in [0.15, 0.2) is 29.4 Å². The van der Waals surface area contributed by atoms with Crippen molar-refractivity contribution in [3.63, 3.8) is 0 Å². The van der Waals surface area contributed by atoms with Gasteiger partial charge in [0, 0.05) is 18.3 Å². The molecule has 1 N–H and O–H groups in total. The first kappa shape index (κ1) is 11.7. The Balaban J connectivity index is 1.85. The van der Waals surface area contributed by atoms with E-state index >= 15 is 0 Å². The molecule has 0 fully saturated rings. The van der Waals surface area contributed by atoms with Crippen LogP contribution in [0.2, 0.25) is 0 Å². The number of aromatic nitrogens is 4. The zero-order valence-corrected chi connectivity index (χ0v) is 11.2. The van der Waals surface area contributed by atoms with Crippen molar-refractivity contribution in [1.82, 2.24) is 25.5 Å². The molecule has 2 aromatic rings. The van der Waals surface area contributed by atoms with Gasteiger partial charge in [-0.3, -0.25) is 0 Å². The molecule has 0 aliphatic heterocycles. The van der Waals surface area contributed by atoms with Crippen LogP contribution in [-0.2, 0) is 13.5 Å². The maximum atomic E-state index is 4.05. The second kappa shape index (κ2) is 4.70. The molecule has 94 valence electrons. The van der Waals surface area contributed by atoms with Gasteiger partial charge in [0.05, 0.1) is 0 Å². The highest BCUT2D eigenvalue weighted by Crippen LogP contribution is 2.40. The lowest BCUT2D eigenvalue weighted by atomic mass is 10.1. The van der Waals surface area contributed by atoms with Gasteiger partial charge in [-0.05, 0) is 35.0 Å². The molecule has 18 heavy (non-hydrogen) atoms. The van der Waals surface area contributed by atoms with Gasteiger partial charge in [0.15, 0.2) is 0 Å². The van der Waals surface area contributed by atoms with Crippen LogP contribution < -0.4 is 5.32 Å². The van der Waals surface area contributed by atoms with Crippen LogP contribution in [0.3, 0.4) is 0 Å². The molecular formula is C12H15N5S. The number of tetrazole rings is 1. The van der Waals surface area contributed by atoms with Crippen molar-refractivity contribution >= 4 is 11.8 Å². The van der Waals surface area contributed by atoms with E-state index in [1.165, 1.54) is 11.1 Å². The summed E-state index contributed by atoms with van der Waals surface area (Å²) < 4.78 is 1.72. The Morgan fingerprint density at radius 1 is 1.39 bits per heavy atom. The molecule has 0 saturated carbocycles. The molecule has 0 radical (unpaired) electrons. The highest BCUT2D eigenvalue weighted by atomic mass is 32.2. The average Bonchev–Trinajstić information content (AvgIpc) is 2.93. The van der Waals surface area contributed by atoms with Gasteiger partial charge in [-0.15, -0.1) is 5.10 Å². The maximum Gasteiger partial charge on any atom is 0.209 e. The quantitative estimate of drug-likeness (QED) is 0.899. The van der Waals surface area contributed by atoms with E-state index in [1.807, 2.05) is 14.1 Å². The molecule has 1 aliphatic rings. The molecule has 0 bridgehead atoms. The molecule has 1 aliphatic carbocycles. The number of rotatable bonds is 3. The molecule has 2 atom stereocenters. The van der Waals surface area contributed by atoms with Crippen molar-refractivity contribution in [1.29, 1.82) is 0 Å². The van der Waals surface area contributed by atoms with Crippen LogP contribution in [-0.4, -0.2) is 32.5 Å².